The maximum absolute atomic E-state index is 12.6. The summed E-state index contributed by atoms with van der Waals surface area (Å²) in [6.07, 6.45) is 0.382. The lowest BCUT2D eigenvalue weighted by atomic mass is 9.99. The number of hydrogen-bond donors (Lipinski definition) is 0. The molecule has 0 fully saturated rings. The van der Waals surface area contributed by atoms with Crippen molar-refractivity contribution in [1.82, 2.24) is 0 Å². The van der Waals surface area contributed by atoms with E-state index in [2.05, 4.69) is 22.6 Å². The minimum Gasteiger partial charge on any atom is -0.307 e. The van der Waals surface area contributed by atoms with Crippen molar-refractivity contribution in [2.24, 2.45) is 0 Å². The summed E-state index contributed by atoms with van der Waals surface area (Å²) in [7, 11) is 0. The number of hydrogen-bond acceptors (Lipinski definition) is 2. The number of nitrogens with zero attached hydrogens (tertiary/aromatic N) is 1. The number of benzene rings is 2. The summed E-state index contributed by atoms with van der Waals surface area (Å²) in [6.45, 7) is 0.445. The first kappa shape index (κ1) is 13.3. The van der Waals surface area contributed by atoms with E-state index in [1.165, 1.54) is 0 Å². The second-order valence-corrected chi connectivity index (χ2v) is 5.90. The normalized spacial score (nSPS) is 14.1. The predicted molar refractivity (Wildman–Crippen MR) is 86.2 cm³/mol. The van der Waals surface area contributed by atoms with Crippen LogP contribution in [0, 0.1) is 3.57 Å². The van der Waals surface area contributed by atoms with Gasteiger partial charge in [-0.15, -0.1) is 0 Å². The Hall–Kier alpha value is -1.69. The number of halogens is 1. The van der Waals surface area contributed by atoms with Crippen LogP contribution in [0.1, 0.15) is 27.1 Å². The number of carbonyl (C=O) groups excluding carboxylic acids is 2. The molecule has 0 aromatic heterocycles. The zero-order valence-corrected chi connectivity index (χ0v) is 12.8. The lowest BCUT2D eigenvalue weighted by Gasteiger charge is -2.28. The highest BCUT2D eigenvalue weighted by molar-refractivity contribution is 14.1. The van der Waals surface area contributed by atoms with E-state index in [9.17, 15) is 9.59 Å². The van der Waals surface area contributed by atoms with Crippen LogP contribution in [-0.2, 0) is 0 Å². The summed E-state index contributed by atoms with van der Waals surface area (Å²) in [5, 5.41) is 0. The molecule has 0 aliphatic carbocycles. The van der Waals surface area contributed by atoms with Crippen LogP contribution in [0.3, 0.4) is 0 Å². The number of carbonyl (C=O) groups is 2. The molecule has 2 aromatic rings. The highest BCUT2D eigenvalue weighted by atomic mass is 127. The zero-order valence-electron chi connectivity index (χ0n) is 10.7. The lowest BCUT2D eigenvalue weighted by Crippen LogP contribution is -2.37. The molecule has 0 N–H and O–H groups in total. The van der Waals surface area contributed by atoms with Gasteiger partial charge in [-0.25, -0.2) is 0 Å². The summed E-state index contributed by atoms with van der Waals surface area (Å²) in [5.41, 5.74) is 2.01. The van der Waals surface area contributed by atoms with Crippen molar-refractivity contribution in [3.8, 4) is 0 Å². The molecule has 0 saturated carbocycles. The maximum Gasteiger partial charge on any atom is 0.258 e. The Kier molecular flexibility index (Phi) is 3.56. The second-order valence-electron chi connectivity index (χ2n) is 4.66. The fraction of sp³-hybridized carbons (Fsp3) is 0.125. The smallest absolute Gasteiger partial charge is 0.258 e. The van der Waals surface area contributed by atoms with Gasteiger partial charge in [-0.2, -0.15) is 0 Å². The van der Waals surface area contributed by atoms with Gasteiger partial charge in [-0.1, -0.05) is 18.2 Å². The fourth-order valence-electron chi connectivity index (χ4n) is 2.40. The molecule has 0 atom stereocenters. The topological polar surface area (TPSA) is 37.4 Å². The van der Waals surface area contributed by atoms with E-state index >= 15 is 0 Å². The van der Waals surface area contributed by atoms with Crippen LogP contribution in [0.5, 0.6) is 0 Å². The van der Waals surface area contributed by atoms with E-state index in [0.29, 0.717) is 29.8 Å². The molecule has 100 valence electrons. The van der Waals surface area contributed by atoms with Crippen LogP contribution in [0.15, 0.2) is 48.5 Å². The molecule has 0 saturated heterocycles. The molecule has 0 radical (unpaired) electrons. The first-order valence-corrected chi connectivity index (χ1v) is 7.44. The first-order chi connectivity index (χ1) is 9.66. The summed E-state index contributed by atoms with van der Waals surface area (Å²) in [6, 6.07) is 14.8. The molecular weight excluding hydrogens is 365 g/mol. The minimum atomic E-state index is -0.0523. The van der Waals surface area contributed by atoms with Gasteiger partial charge in [0.2, 0.25) is 0 Å². The molecule has 20 heavy (non-hydrogen) atoms. The molecule has 1 aliphatic heterocycles. The monoisotopic (exact) mass is 377 g/mol. The summed E-state index contributed by atoms with van der Waals surface area (Å²) in [5.74, 6) is 0.0516. The number of fused-ring (bicyclic) bond motifs is 1. The number of anilines is 1. The van der Waals surface area contributed by atoms with Crippen LogP contribution < -0.4 is 4.90 Å². The van der Waals surface area contributed by atoms with E-state index < -0.39 is 0 Å². The van der Waals surface area contributed by atoms with E-state index in [1.54, 1.807) is 11.0 Å². The number of amides is 1. The van der Waals surface area contributed by atoms with Crippen LogP contribution >= 0.6 is 22.6 Å². The molecule has 2 aromatic carbocycles. The molecule has 4 heteroatoms. The largest absolute Gasteiger partial charge is 0.307 e. The molecule has 0 bridgehead atoms. The Balaban J connectivity index is 2.01. The van der Waals surface area contributed by atoms with E-state index in [1.807, 2.05) is 42.5 Å². The van der Waals surface area contributed by atoms with Gasteiger partial charge in [0.15, 0.2) is 5.78 Å². The van der Waals surface area contributed by atoms with Crippen molar-refractivity contribution in [1.29, 1.82) is 0 Å². The van der Waals surface area contributed by atoms with Gasteiger partial charge in [0.1, 0.15) is 0 Å². The average molecular weight is 377 g/mol. The van der Waals surface area contributed by atoms with Gasteiger partial charge < -0.3 is 4.90 Å². The zero-order chi connectivity index (χ0) is 14.1. The molecule has 1 amide bonds. The number of Topliss-reactive ketones (excluding diaryl/α,β-unsaturated/α-hetero) is 1. The Morgan fingerprint density at radius 3 is 2.70 bits per heavy atom. The van der Waals surface area contributed by atoms with Crippen molar-refractivity contribution >= 4 is 40.0 Å². The standard InChI is InChI=1S/C16H12INO2/c17-12-5-3-4-11(10-12)16(20)18-9-8-15(19)13-6-1-2-7-14(13)18/h1-7,10H,8-9H2. The van der Waals surface area contributed by atoms with Gasteiger partial charge in [0.05, 0.1) is 5.69 Å². The van der Waals surface area contributed by atoms with Crippen molar-refractivity contribution in [2.75, 3.05) is 11.4 Å². The maximum atomic E-state index is 12.6. The predicted octanol–water partition coefficient (Wildman–Crippen LogP) is 3.52. The SMILES string of the molecule is O=C1CCN(C(=O)c2cccc(I)c2)c2ccccc21. The molecule has 3 rings (SSSR count). The van der Waals surface area contributed by atoms with Crippen molar-refractivity contribution in [3.05, 3.63) is 63.2 Å². The van der Waals surface area contributed by atoms with Crippen molar-refractivity contribution < 1.29 is 9.59 Å². The Bertz CT molecular complexity index is 696. The van der Waals surface area contributed by atoms with E-state index in [4.69, 9.17) is 0 Å². The quantitative estimate of drug-likeness (QED) is 0.714. The number of rotatable bonds is 1. The van der Waals surface area contributed by atoms with Gasteiger partial charge in [-0.05, 0) is 52.9 Å². The molecule has 1 heterocycles. The highest BCUT2D eigenvalue weighted by Gasteiger charge is 2.27. The van der Waals surface area contributed by atoms with Gasteiger partial charge in [0.25, 0.3) is 5.91 Å². The lowest BCUT2D eigenvalue weighted by molar-refractivity contribution is 0.0955. The molecule has 3 nitrogen and oxygen atoms in total. The van der Waals surface area contributed by atoms with Crippen LogP contribution in [0.4, 0.5) is 5.69 Å². The third kappa shape index (κ3) is 2.35. The first-order valence-electron chi connectivity index (χ1n) is 6.36. The number of para-hydroxylation sites is 1. The Morgan fingerprint density at radius 1 is 1.10 bits per heavy atom. The van der Waals surface area contributed by atoms with Crippen LogP contribution in [0.25, 0.3) is 0 Å². The van der Waals surface area contributed by atoms with Gasteiger partial charge in [0, 0.05) is 27.7 Å². The minimum absolute atomic E-state index is 0.0523. The number of ketones is 1. The summed E-state index contributed by atoms with van der Waals surface area (Å²) < 4.78 is 1.02. The Labute approximate surface area is 130 Å². The van der Waals surface area contributed by atoms with Gasteiger partial charge >= 0.3 is 0 Å². The highest BCUT2D eigenvalue weighted by Crippen LogP contribution is 2.28. The van der Waals surface area contributed by atoms with Crippen LogP contribution in [0.2, 0.25) is 0 Å². The van der Waals surface area contributed by atoms with Crippen molar-refractivity contribution in [3.63, 3.8) is 0 Å². The molecule has 0 spiro atoms. The second kappa shape index (κ2) is 5.36. The van der Waals surface area contributed by atoms with Crippen LogP contribution in [-0.4, -0.2) is 18.2 Å². The van der Waals surface area contributed by atoms with Crippen molar-refractivity contribution in [2.45, 2.75) is 6.42 Å². The molecule has 1 aliphatic rings. The van der Waals surface area contributed by atoms with E-state index in [0.717, 1.165) is 3.57 Å². The molecular formula is C16H12INO2. The third-order valence-corrected chi connectivity index (χ3v) is 4.05. The molecule has 0 unspecified atom stereocenters. The van der Waals surface area contributed by atoms with E-state index in [-0.39, 0.29) is 11.7 Å². The summed E-state index contributed by atoms with van der Waals surface area (Å²) in [4.78, 5) is 26.2. The van der Waals surface area contributed by atoms with Gasteiger partial charge in [-0.3, -0.25) is 9.59 Å². The fourth-order valence-corrected chi connectivity index (χ4v) is 2.94. The average Bonchev–Trinajstić information content (AvgIpc) is 2.47. The summed E-state index contributed by atoms with van der Waals surface area (Å²) >= 11 is 2.19. The third-order valence-electron chi connectivity index (χ3n) is 3.37. The Morgan fingerprint density at radius 2 is 1.90 bits per heavy atom.